The third-order valence-corrected chi connectivity index (χ3v) is 1.84. The minimum Gasteiger partial charge on any atom is -0.264 e. The number of rotatable bonds is 0. The summed E-state index contributed by atoms with van der Waals surface area (Å²) in [4.78, 5) is 3.85. The maximum Gasteiger partial charge on any atom is 0.125 e. The van der Waals surface area contributed by atoms with Crippen LogP contribution >= 0.6 is 0 Å². The molecule has 3 heteroatoms. The molecule has 0 fully saturated rings. The van der Waals surface area contributed by atoms with Gasteiger partial charge in [-0.1, -0.05) is 0 Å². The topological polar surface area (TPSA) is 36.7 Å². The van der Waals surface area contributed by atoms with Gasteiger partial charge in [-0.05, 0) is 18.2 Å². The normalized spacial score (nSPS) is 9.85. The average Bonchev–Trinajstić information content (AvgIpc) is 2.16. The predicted octanol–water partition coefficient (Wildman–Crippen LogP) is 2.25. The highest BCUT2D eigenvalue weighted by Gasteiger charge is 2.02. The largest absolute Gasteiger partial charge is 0.264 e. The van der Waals surface area contributed by atoms with Gasteiger partial charge in [0.05, 0.1) is 11.6 Å². The number of hydrogen-bond donors (Lipinski definition) is 0. The first-order valence-corrected chi connectivity index (χ1v) is 3.74. The van der Waals surface area contributed by atoms with Crippen LogP contribution in [-0.2, 0) is 0 Å². The van der Waals surface area contributed by atoms with Crippen molar-refractivity contribution >= 4 is 10.8 Å². The predicted molar refractivity (Wildman–Crippen MR) is 46.4 cm³/mol. The number of nitrogens with zero attached hydrogens (tertiary/aromatic N) is 2. The van der Waals surface area contributed by atoms with Crippen molar-refractivity contribution in [3.8, 4) is 6.07 Å². The van der Waals surface area contributed by atoms with E-state index in [1.807, 2.05) is 6.07 Å². The van der Waals surface area contributed by atoms with Gasteiger partial charge in [0.2, 0.25) is 0 Å². The van der Waals surface area contributed by atoms with Gasteiger partial charge in [0.15, 0.2) is 0 Å². The van der Waals surface area contributed by atoms with Gasteiger partial charge in [0.1, 0.15) is 5.82 Å². The second-order valence-corrected chi connectivity index (χ2v) is 2.66. The van der Waals surface area contributed by atoms with Crippen molar-refractivity contribution in [3.05, 3.63) is 42.0 Å². The molecule has 0 aliphatic carbocycles. The van der Waals surface area contributed by atoms with Crippen LogP contribution in [-0.4, -0.2) is 4.98 Å². The number of fused-ring (bicyclic) bond motifs is 1. The van der Waals surface area contributed by atoms with E-state index in [0.29, 0.717) is 10.9 Å². The summed E-state index contributed by atoms with van der Waals surface area (Å²) in [6, 6.07) is 6.23. The van der Waals surface area contributed by atoms with Crippen LogP contribution in [0.3, 0.4) is 0 Å². The summed E-state index contributed by atoms with van der Waals surface area (Å²) in [5.74, 6) is -0.406. The summed E-state index contributed by atoms with van der Waals surface area (Å²) in [7, 11) is 0. The van der Waals surface area contributed by atoms with Gasteiger partial charge in [-0.15, -0.1) is 0 Å². The van der Waals surface area contributed by atoms with E-state index in [0.717, 1.165) is 5.39 Å². The van der Waals surface area contributed by atoms with Crippen molar-refractivity contribution in [3.63, 3.8) is 0 Å². The summed E-state index contributed by atoms with van der Waals surface area (Å²) in [6.45, 7) is 0. The maximum absolute atomic E-state index is 12.9. The zero-order chi connectivity index (χ0) is 9.26. The van der Waals surface area contributed by atoms with Crippen LogP contribution in [0.15, 0.2) is 30.6 Å². The van der Waals surface area contributed by atoms with Crippen LogP contribution in [0, 0.1) is 17.1 Å². The highest BCUT2D eigenvalue weighted by Crippen LogP contribution is 2.18. The Morgan fingerprint density at radius 1 is 1.38 bits per heavy atom. The molecule has 0 radical (unpaired) electrons. The molecule has 2 nitrogen and oxygen atoms in total. The van der Waals surface area contributed by atoms with Gasteiger partial charge in [-0.2, -0.15) is 5.26 Å². The molecule has 0 aliphatic heterocycles. The lowest BCUT2D eigenvalue weighted by atomic mass is 10.1. The number of pyridine rings is 1. The molecule has 0 bridgehead atoms. The van der Waals surface area contributed by atoms with E-state index in [4.69, 9.17) is 5.26 Å². The Labute approximate surface area is 74.3 Å². The summed E-state index contributed by atoms with van der Waals surface area (Å²) in [5, 5.41) is 10.1. The van der Waals surface area contributed by atoms with Crippen molar-refractivity contribution in [2.75, 3.05) is 0 Å². The Bertz CT molecular complexity index is 500. The van der Waals surface area contributed by atoms with E-state index in [2.05, 4.69) is 4.98 Å². The van der Waals surface area contributed by atoms with Gasteiger partial charge < -0.3 is 0 Å². The molecule has 13 heavy (non-hydrogen) atoms. The molecule has 0 amide bonds. The molecule has 1 heterocycles. The number of hydrogen-bond acceptors (Lipinski definition) is 2. The summed E-state index contributed by atoms with van der Waals surface area (Å²) < 4.78 is 12.9. The van der Waals surface area contributed by atoms with E-state index >= 15 is 0 Å². The monoisotopic (exact) mass is 172 g/mol. The lowest BCUT2D eigenvalue weighted by Gasteiger charge is -1.98. The lowest BCUT2D eigenvalue weighted by Crippen LogP contribution is -1.83. The molecule has 2 rings (SSSR count). The van der Waals surface area contributed by atoms with Crippen molar-refractivity contribution in [2.24, 2.45) is 0 Å². The fourth-order valence-electron chi connectivity index (χ4n) is 1.27. The van der Waals surface area contributed by atoms with E-state index < -0.39 is 5.82 Å². The summed E-state index contributed by atoms with van der Waals surface area (Å²) >= 11 is 0. The summed E-state index contributed by atoms with van der Waals surface area (Å²) in [5.41, 5.74) is 0.345. The van der Waals surface area contributed by atoms with Gasteiger partial charge in [-0.3, -0.25) is 4.98 Å². The fourth-order valence-corrected chi connectivity index (χ4v) is 1.27. The Morgan fingerprint density at radius 3 is 3.00 bits per heavy atom. The van der Waals surface area contributed by atoms with Gasteiger partial charge in [0, 0.05) is 23.2 Å². The van der Waals surface area contributed by atoms with Crippen molar-refractivity contribution in [1.29, 1.82) is 5.26 Å². The lowest BCUT2D eigenvalue weighted by molar-refractivity contribution is 0.629. The maximum atomic E-state index is 12.9. The molecule has 1 aromatic heterocycles. The number of halogens is 1. The van der Waals surface area contributed by atoms with Crippen LogP contribution in [0.4, 0.5) is 4.39 Å². The molecule has 0 saturated heterocycles. The number of benzene rings is 1. The smallest absolute Gasteiger partial charge is 0.125 e. The minimum absolute atomic E-state index is 0.345. The van der Waals surface area contributed by atoms with Crippen LogP contribution in [0.25, 0.3) is 10.8 Å². The second kappa shape index (κ2) is 2.83. The third kappa shape index (κ3) is 1.23. The standard InChI is InChI=1S/C10H5FN2/c11-9-3-7(5-12)10-1-2-13-6-8(10)4-9/h1-4,6H. The van der Waals surface area contributed by atoms with Crippen molar-refractivity contribution < 1.29 is 4.39 Å². The fraction of sp³-hybridized carbons (Fsp3) is 0. The highest BCUT2D eigenvalue weighted by molar-refractivity contribution is 5.86. The van der Waals surface area contributed by atoms with Gasteiger partial charge in [0.25, 0.3) is 0 Å². The molecule has 0 N–H and O–H groups in total. The molecule has 0 saturated carbocycles. The van der Waals surface area contributed by atoms with Crippen molar-refractivity contribution in [2.45, 2.75) is 0 Å². The van der Waals surface area contributed by atoms with Crippen LogP contribution < -0.4 is 0 Å². The molecule has 0 atom stereocenters. The Morgan fingerprint density at radius 2 is 2.23 bits per heavy atom. The molecular weight excluding hydrogens is 167 g/mol. The third-order valence-electron chi connectivity index (χ3n) is 1.84. The summed E-state index contributed by atoms with van der Waals surface area (Å²) in [6.07, 6.45) is 3.13. The Balaban J connectivity index is 2.91. The van der Waals surface area contributed by atoms with Gasteiger partial charge in [-0.25, -0.2) is 4.39 Å². The molecule has 1 aromatic carbocycles. The average molecular weight is 172 g/mol. The highest BCUT2D eigenvalue weighted by atomic mass is 19.1. The van der Waals surface area contributed by atoms with Gasteiger partial charge >= 0.3 is 0 Å². The van der Waals surface area contributed by atoms with Crippen LogP contribution in [0.5, 0.6) is 0 Å². The number of nitriles is 1. The Kier molecular flexibility index (Phi) is 1.67. The van der Waals surface area contributed by atoms with Crippen LogP contribution in [0.2, 0.25) is 0 Å². The second-order valence-electron chi connectivity index (χ2n) is 2.66. The quantitative estimate of drug-likeness (QED) is 0.611. The first-order valence-electron chi connectivity index (χ1n) is 3.74. The van der Waals surface area contributed by atoms with E-state index in [9.17, 15) is 4.39 Å². The molecule has 0 aliphatic rings. The first kappa shape index (κ1) is 7.69. The zero-order valence-corrected chi connectivity index (χ0v) is 6.66. The molecule has 62 valence electrons. The number of aromatic nitrogens is 1. The van der Waals surface area contributed by atoms with E-state index in [-0.39, 0.29) is 0 Å². The molecule has 0 spiro atoms. The molecule has 2 aromatic rings. The van der Waals surface area contributed by atoms with E-state index in [1.54, 1.807) is 18.5 Å². The SMILES string of the molecule is N#Cc1cc(F)cc2cnccc12. The molecular formula is C10H5FN2. The zero-order valence-electron chi connectivity index (χ0n) is 6.66. The minimum atomic E-state index is -0.406. The van der Waals surface area contributed by atoms with Crippen LogP contribution in [0.1, 0.15) is 5.56 Å². The Hall–Kier alpha value is -1.95. The van der Waals surface area contributed by atoms with E-state index in [1.165, 1.54) is 12.1 Å². The van der Waals surface area contributed by atoms with Crippen molar-refractivity contribution in [1.82, 2.24) is 4.98 Å². The molecule has 0 unspecified atom stereocenters. The first-order chi connectivity index (χ1) is 6.31.